The topological polar surface area (TPSA) is 309 Å². The van der Waals surface area contributed by atoms with Crippen molar-refractivity contribution in [3.8, 4) is 0 Å². The van der Waals surface area contributed by atoms with Gasteiger partial charge in [0.05, 0.1) is 78.8 Å². The third-order valence-corrected chi connectivity index (χ3v) is 26.6. The molecule has 0 N–H and O–H groups in total. The molecule has 10 aliphatic heterocycles. The molecule has 20 heterocycles. The first-order chi connectivity index (χ1) is 60.5. The molecule has 690 valence electrons. The Bertz CT molecular complexity index is 3840. The second-order valence-electron chi connectivity index (χ2n) is 36.9. The minimum absolute atomic E-state index is 0.0910. The number of tetrazole rings is 2. The lowest BCUT2D eigenvalue weighted by Gasteiger charge is -2.34. The highest BCUT2D eigenvalue weighted by Gasteiger charge is 2.36. The third-order valence-electron chi connectivity index (χ3n) is 26.6. The monoisotopic (exact) mass is 1730 g/mol. The van der Waals surface area contributed by atoms with Crippen LogP contribution >= 0.6 is 0 Å². The number of aromatic nitrogens is 26. The van der Waals surface area contributed by atoms with Gasteiger partial charge < -0.3 is 58.1 Å². The van der Waals surface area contributed by atoms with Gasteiger partial charge in [0.15, 0.2) is 5.82 Å². The van der Waals surface area contributed by atoms with Crippen molar-refractivity contribution in [1.29, 1.82) is 0 Å². The van der Waals surface area contributed by atoms with Crippen LogP contribution in [0.1, 0.15) is 219 Å². The van der Waals surface area contributed by atoms with Gasteiger partial charge in [-0.25, -0.2) is 23.7 Å². The second kappa shape index (κ2) is 50.7. The van der Waals surface area contributed by atoms with E-state index in [-0.39, 0.29) is 5.41 Å². The first-order valence-corrected chi connectivity index (χ1v) is 46.4. The van der Waals surface area contributed by atoms with Crippen LogP contribution in [0.4, 0.5) is 0 Å². The predicted octanol–water partition coefficient (Wildman–Crippen LogP) is 9.00. The molecular weight excluding hydrogens is 1580 g/mol. The van der Waals surface area contributed by atoms with Crippen molar-refractivity contribution in [2.75, 3.05) is 201 Å². The van der Waals surface area contributed by atoms with Crippen LogP contribution in [0.15, 0.2) is 116 Å². The van der Waals surface area contributed by atoms with E-state index in [1.54, 1.807) is 31.2 Å². The molecule has 0 unspecified atom stereocenters. The van der Waals surface area contributed by atoms with E-state index in [2.05, 4.69) is 288 Å². The van der Waals surface area contributed by atoms with Crippen molar-refractivity contribution in [2.45, 2.75) is 223 Å². The van der Waals surface area contributed by atoms with Crippen LogP contribution in [-0.4, -0.2) is 380 Å². The molecule has 0 spiro atoms. The second-order valence-corrected chi connectivity index (χ2v) is 36.9. The first kappa shape index (κ1) is 96.8. The van der Waals surface area contributed by atoms with Gasteiger partial charge in [0.2, 0.25) is 5.89 Å². The molecule has 0 aromatic carbocycles. The van der Waals surface area contributed by atoms with Gasteiger partial charge in [0, 0.05) is 54.8 Å². The maximum Gasteiger partial charge on any atom is 0.232 e. The van der Waals surface area contributed by atoms with Crippen molar-refractivity contribution in [3.63, 3.8) is 0 Å². The number of aryl methyl sites for hydroxylation is 4. The zero-order valence-electron chi connectivity index (χ0n) is 78.4. The highest BCUT2D eigenvalue weighted by molar-refractivity contribution is 5.06. The fraction of sp³-hybridized carbons (Fsp3) is 0.739. The molecule has 0 bridgehead atoms. The van der Waals surface area contributed by atoms with Crippen molar-refractivity contribution in [2.24, 2.45) is 0 Å². The molecule has 20 rings (SSSR count). The number of likely N-dealkylation sites (tertiary alicyclic amines) is 10. The fourth-order valence-electron chi connectivity index (χ4n) is 17.7. The minimum atomic E-state index is 0.0910. The van der Waals surface area contributed by atoms with Crippen molar-refractivity contribution in [1.82, 2.24) is 178 Å². The SMILES string of the molecule is CN1CCC(n2cccc2)CC1.CN1CCC(n2cccn2)CC1.CN1CCC(n2ccnn2)CC1.CN1CCC(n2cncn2)CC1.CN1CCC(n2cnnn2)CC1.CN1CCC(n2nccn2)CC1.Cc1ccn(C2CCN(C)CC2)n1.Cc1cnn(C2CCN(C)CC2)c1.Cc1nnnn1C1CCN(C)CC1.Cc1noc(C2(C)CCN(C)CC2)n1. The number of rotatable bonds is 10. The lowest BCUT2D eigenvalue weighted by atomic mass is 9.80. The standard InChI is InChI=1S/C10H17N3O.2C10H17N3.C10H16N2.C9H15N3.C8H15N5.3C8H14N4.C7H13N5/c1-8-11-9(14-12-8)10(2)4-6-13(3)7-5-10;1-9-3-8-13(11-9)10-4-6-12(2)7-5-10;1-9-7-11-13(8-9)10-3-5-12(2)6-4-10;1-11-8-4-10(5-9-11)12-6-2-3-7-12;1-11-7-3-9(4-8-11)12-6-2-5-10-12;1-7-9-10-11-13(7)8-3-5-12(2)6-4-8;1-11-6-2-8(3-7-11)12-9-4-5-10-12;1-11-5-2-8(3-6-11)12-7-4-9-10-12;1-11-4-2-8(3-5-11)12-7-9-6-10-12;1-11-4-2-7(3-5-11)12-6-8-9-10-12/h4-7H2,1-3H3;3,8,10H,4-7H2,1-2H3;7-8,10H,3-6H2,1-2H3;2-3,6-7,10H,4-5,8-9H2,1H3;2,5-6,9H,3-4,7-8H2,1H3;8H,3-6H2,1-2H3;4-5,8H,2-3,6-7H2,1H3;4,7-8H,2-3,5-6H2,1H3;6-8H,2-5H2,1H3;6-7H,2-5H2,1H3. The minimum Gasteiger partial charge on any atom is -0.351 e. The van der Waals surface area contributed by atoms with Gasteiger partial charge in [-0.05, 0) is 408 Å². The van der Waals surface area contributed by atoms with Crippen LogP contribution in [0.3, 0.4) is 0 Å². The Balaban J connectivity index is 0.000000135. The molecule has 10 aromatic heterocycles. The van der Waals surface area contributed by atoms with Crippen molar-refractivity contribution in [3.05, 3.63) is 140 Å². The summed E-state index contributed by atoms with van der Waals surface area (Å²) in [6, 6.07) is 13.6. The van der Waals surface area contributed by atoms with Gasteiger partial charge in [-0.2, -0.15) is 40.4 Å². The Labute approximate surface area is 743 Å². The molecule has 0 atom stereocenters. The highest BCUT2D eigenvalue weighted by Crippen LogP contribution is 2.34. The van der Waals surface area contributed by atoms with Gasteiger partial charge in [-0.15, -0.1) is 15.3 Å². The maximum absolute atomic E-state index is 5.26. The largest absolute Gasteiger partial charge is 0.351 e. The average Bonchev–Trinajstić information content (AvgIpc) is 1.71. The molecule has 10 aliphatic rings. The number of piperidine rings is 10. The average molecular weight is 1730 g/mol. The summed E-state index contributed by atoms with van der Waals surface area (Å²) in [5, 5.41) is 60.0. The van der Waals surface area contributed by atoms with E-state index in [4.69, 9.17) is 4.52 Å². The molecular formula is C88H152N36O. The summed E-state index contributed by atoms with van der Waals surface area (Å²) in [6.45, 7) is 33.6. The summed E-state index contributed by atoms with van der Waals surface area (Å²) in [4.78, 5) is 33.7. The zero-order valence-corrected chi connectivity index (χ0v) is 78.4. The van der Waals surface area contributed by atoms with Crippen LogP contribution in [0.5, 0.6) is 0 Å². The maximum atomic E-state index is 5.26. The lowest BCUT2D eigenvalue weighted by molar-refractivity contribution is 0.165. The molecule has 10 fully saturated rings. The van der Waals surface area contributed by atoms with Gasteiger partial charge in [0.25, 0.3) is 0 Å². The molecule has 125 heavy (non-hydrogen) atoms. The van der Waals surface area contributed by atoms with E-state index in [0.29, 0.717) is 48.3 Å². The molecule has 0 amide bonds. The van der Waals surface area contributed by atoms with E-state index in [9.17, 15) is 0 Å². The van der Waals surface area contributed by atoms with Crippen molar-refractivity contribution >= 4 is 0 Å². The van der Waals surface area contributed by atoms with Gasteiger partial charge in [-0.1, -0.05) is 17.3 Å². The molecule has 10 saturated heterocycles. The zero-order chi connectivity index (χ0) is 88.3. The van der Waals surface area contributed by atoms with E-state index >= 15 is 0 Å². The molecule has 0 radical (unpaired) electrons. The Morgan fingerprint density at radius 3 is 1.20 bits per heavy atom. The van der Waals surface area contributed by atoms with E-state index < -0.39 is 0 Å². The van der Waals surface area contributed by atoms with Crippen LogP contribution in [0.25, 0.3) is 0 Å². The van der Waals surface area contributed by atoms with Gasteiger partial charge >= 0.3 is 0 Å². The van der Waals surface area contributed by atoms with Crippen LogP contribution < -0.4 is 0 Å². The Hall–Kier alpha value is -8.79. The Morgan fingerprint density at radius 1 is 0.360 bits per heavy atom. The van der Waals surface area contributed by atoms with Crippen LogP contribution in [0.2, 0.25) is 0 Å². The fourth-order valence-corrected chi connectivity index (χ4v) is 17.7. The van der Waals surface area contributed by atoms with E-state index in [1.165, 1.54) is 174 Å². The van der Waals surface area contributed by atoms with Crippen LogP contribution in [0, 0.1) is 27.7 Å². The smallest absolute Gasteiger partial charge is 0.232 e. The quantitative estimate of drug-likeness (QED) is 0.123. The molecule has 37 heteroatoms. The molecule has 0 saturated carbocycles. The Kier molecular flexibility index (Phi) is 39.3. The summed E-state index contributed by atoms with van der Waals surface area (Å²) in [6.07, 6.45) is 50.7. The number of hydrogen-bond acceptors (Lipinski definition) is 28. The van der Waals surface area contributed by atoms with Gasteiger partial charge in [0.1, 0.15) is 24.8 Å². The predicted molar refractivity (Wildman–Crippen MR) is 486 cm³/mol. The molecule has 10 aromatic rings. The summed E-state index contributed by atoms with van der Waals surface area (Å²) < 4.78 is 21.7. The summed E-state index contributed by atoms with van der Waals surface area (Å²) in [5.74, 6) is 2.47. The third kappa shape index (κ3) is 32.2. The van der Waals surface area contributed by atoms with Crippen LogP contribution in [-0.2, 0) is 5.41 Å². The van der Waals surface area contributed by atoms with E-state index in [0.717, 1.165) is 120 Å². The first-order valence-electron chi connectivity index (χ1n) is 46.4. The molecule has 37 nitrogen and oxygen atoms in total. The number of hydrogen-bond donors (Lipinski definition) is 0. The normalized spacial score (nSPS) is 21.3. The summed E-state index contributed by atoms with van der Waals surface area (Å²) in [5.41, 5.74) is 2.48. The number of nitrogens with zero attached hydrogens (tertiary/aromatic N) is 36. The highest BCUT2D eigenvalue weighted by atomic mass is 16.5. The summed E-state index contributed by atoms with van der Waals surface area (Å²) >= 11 is 0. The lowest BCUT2D eigenvalue weighted by Crippen LogP contribution is -2.39. The van der Waals surface area contributed by atoms with E-state index in [1.807, 2.05) is 75.3 Å². The summed E-state index contributed by atoms with van der Waals surface area (Å²) in [7, 11) is 21.7. The van der Waals surface area contributed by atoms with Crippen molar-refractivity contribution < 1.29 is 4.52 Å². The Morgan fingerprint density at radius 2 is 0.808 bits per heavy atom. The molecule has 0 aliphatic carbocycles. The van der Waals surface area contributed by atoms with Gasteiger partial charge in [-0.3, -0.25) is 14.0 Å².